The Kier molecular flexibility index (Phi) is 5.78. The highest BCUT2D eigenvalue weighted by atomic mass is 16.2. The third-order valence-corrected chi connectivity index (χ3v) is 3.09. The third-order valence-electron chi connectivity index (χ3n) is 3.09. The minimum Gasteiger partial charge on any atom is -0.334 e. The maximum Gasteiger partial charge on any atom is 0.227 e. The van der Waals surface area contributed by atoms with E-state index in [4.69, 9.17) is 5.73 Å². The highest BCUT2D eigenvalue weighted by molar-refractivity contribution is 5.79. The zero-order chi connectivity index (χ0) is 13.5. The van der Waals surface area contributed by atoms with Gasteiger partial charge in [-0.3, -0.25) is 9.78 Å². The zero-order valence-corrected chi connectivity index (χ0v) is 11.5. The number of carbonyl (C=O) groups is 1. The van der Waals surface area contributed by atoms with Gasteiger partial charge in [-0.05, 0) is 32.4 Å². The summed E-state index contributed by atoms with van der Waals surface area (Å²) in [5, 5.41) is 0. The summed E-state index contributed by atoms with van der Waals surface area (Å²) in [7, 11) is 0. The lowest BCUT2D eigenvalue weighted by molar-refractivity contribution is -0.137. The summed E-state index contributed by atoms with van der Waals surface area (Å²) in [5.41, 5.74) is 6.56. The minimum absolute atomic E-state index is 0.0869. The molecule has 18 heavy (non-hydrogen) atoms. The van der Waals surface area contributed by atoms with Crippen molar-refractivity contribution in [3.8, 4) is 0 Å². The number of pyridine rings is 1. The molecule has 0 radical (unpaired) electrons. The van der Waals surface area contributed by atoms with E-state index in [2.05, 4.69) is 4.98 Å². The second kappa shape index (κ2) is 7.11. The van der Waals surface area contributed by atoms with Gasteiger partial charge >= 0.3 is 0 Å². The van der Waals surface area contributed by atoms with Crippen LogP contribution in [0.25, 0.3) is 0 Å². The maximum absolute atomic E-state index is 12.4. The van der Waals surface area contributed by atoms with Gasteiger partial charge in [0.2, 0.25) is 5.91 Å². The number of amides is 1. The number of carbonyl (C=O) groups excluding carboxylic acids is 1. The molecule has 1 aromatic rings. The Morgan fingerprint density at radius 2 is 2.17 bits per heavy atom. The Bertz CT molecular complexity index is 361. The highest BCUT2D eigenvalue weighted by Crippen LogP contribution is 2.13. The number of rotatable bonds is 6. The molecule has 2 N–H and O–H groups in total. The van der Waals surface area contributed by atoms with Crippen molar-refractivity contribution in [2.45, 2.75) is 39.8 Å². The Hall–Kier alpha value is -1.42. The predicted molar refractivity (Wildman–Crippen MR) is 72.8 cm³/mol. The lowest BCUT2D eigenvalue weighted by Gasteiger charge is -2.29. The normalized spacial score (nSPS) is 12.5. The summed E-state index contributed by atoms with van der Waals surface area (Å²) < 4.78 is 0. The van der Waals surface area contributed by atoms with Gasteiger partial charge in [0, 0.05) is 18.8 Å². The van der Waals surface area contributed by atoms with Gasteiger partial charge in [0.15, 0.2) is 0 Å². The molecule has 100 valence electrons. The Labute approximate surface area is 109 Å². The van der Waals surface area contributed by atoms with Crippen LogP contribution in [0.4, 0.5) is 0 Å². The van der Waals surface area contributed by atoms with Gasteiger partial charge in [-0.25, -0.2) is 0 Å². The second-order valence-corrected chi connectivity index (χ2v) is 4.72. The first-order valence-corrected chi connectivity index (χ1v) is 6.50. The summed E-state index contributed by atoms with van der Waals surface area (Å²) in [6, 6.07) is 5.90. The molecule has 0 spiro atoms. The fourth-order valence-corrected chi connectivity index (χ4v) is 1.86. The van der Waals surface area contributed by atoms with Crippen molar-refractivity contribution in [3.05, 3.63) is 30.1 Å². The fourth-order valence-electron chi connectivity index (χ4n) is 1.86. The van der Waals surface area contributed by atoms with E-state index >= 15 is 0 Å². The molecule has 0 saturated heterocycles. The molecule has 4 heteroatoms. The molecule has 0 bridgehead atoms. The van der Waals surface area contributed by atoms with Gasteiger partial charge in [-0.1, -0.05) is 13.0 Å². The molecule has 1 atom stereocenters. The average Bonchev–Trinajstić information content (AvgIpc) is 2.38. The monoisotopic (exact) mass is 249 g/mol. The average molecular weight is 249 g/mol. The van der Waals surface area contributed by atoms with Crippen LogP contribution < -0.4 is 5.73 Å². The Morgan fingerprint density at radius 3 is 2.61 bits per heavy atom. The first-order valence-electron chi connectivity index (χ1n) is 6.50. The number of aromatic nitrogens is 1. The molecule has 0 aromatic carbocycles. The van der Waals surface area contributed by atoms with Gasteiger partial charge in [0.25, 0.3) is 0 Å². The van der Waals surface area contributed by atoms with E-state index < -0.39 is 0 Å². The third kappa shape index (κ3) is 3.81. The van der Waals surface area contributed by atoms with E-state index in [0.29, 0.717) is 13.1 Å². The molecular formula is C14H23N3O. The lowest BCUT2D eigenvalue weighted by atomic mass is 10.0. The van der Waals surface area contributed by atoms with E-state index in [9.17, 15) is 4.79 Å². The molecule has 1 heterocycles. The first kappa shape index (κ1) is 14.6. The van der Waals surface area contributed by atoms with Crippen molar-refractivity contribution < 1.29 is 4.79 Å². The van der Waals surface area contributed by atoms with Crippen LogP contribution in [-0.2, 0) is 11.3 Å². The molecule has 0 aliphatic heterocycles. The Morgan fingerprint density at radius 1 is 1.44 bits per heavy atom. The van der Waals surface area contributed by atoms with Crippen LogP contribution in [0.5, 0.6) is 0 Å². The van der Waals surface area contributed by atoms with E-state index in [1.807, 2.05) is 43.9 Å². The summed E-state index contributed by atoms with van der Waals surface area (Å²) in [4.78, 5) is 18.5. The largest absolute Gasteiger partial charge is 0.334 e. The van der Waals surface area contributed by atoms with E-state index in [1.165, 1.54) is 0 Å². The number of hydrogen-bond donors (Lipinski definition) is 1. The van der Waals surface area contributed by atoms with Crippen molar-refractivity contribution in [1.29, 1.82) is 0 Å². The fraction of sp³-hybridized carbons (Fsp3) is 0.571. The highest BCUT2D eigenvalue weighted by Gasteiger charge is 2.24. The van der Waals surface area contributed by atoms with E-state index in [1.54, 1.807) is 6.20 Å². The summed E-state index contributed by atoms with van der Waals surface area (Å²) in [6.07, 6.45) is 2.53. The molecule has 1 rings (SSSR count). The van der Waals surface area contributed by atoms with Gasteiger partial charge in [-0.15, -0.1) is 0 Å². The number of nitrogens with zero attached hydrogens (tertiary/aromatic N) is 2. The molecule has 0 saturated carbocycles. The van der Waals surface area contributed by atoms with Crippen LogP contribution in [0, 0.1) is 5.92 Å². The number of nitrogens with two attached hydrogens (primary N) is 1. The molecule has 0 aliphatic rings. The van der Waals surface area contributed by atoms with Crippen molar-refractivity contribution in [2.24, 2.45) is 11.7 Å². The van der Waals surface area contributed by atoms with E-state index in [0.717, 1.165) is 12.1 Å². The van der Waals surface area contributed by atoms with Crippen molar-refractivity contribution in [2.75, 3.05) is 6.54 Å². The maximum atomic E-state index is 12.4. The van der Waals surface area contributed by atoms with Crippen LogP contribution >= 0.6 is 0 Å². The van der Waals surface area contributed by atoms with Crippen LogP contribution in [0.3, 0.4) is 0 Å². The Balaban J connectivity index is 2.80. The van der Waals surface area contributed by atoms with Gasteiger partial charge in [0.05, 0.1) is 18.2 Å². The summed E-state index contributed by atoms with van der Waals surface area (Å²) >= 11 is 0. The van der Waals surface area contributed by atoms with Crippen molar-refractivity contribution in [3.63, 3.8) is 0 Å². The van der Waals surface area contributed by atoms with Crippen molar-refractivity contribution in [1.82, 2.24) is 9.88 Å². The van der Waals surface area contributed by atoms with Crippen LogP contribution in [-0.4, -0.2) is 28.4 Å². The molecular weight excluding hydrogens is 226 g/mol. The van der Waals surface area contributed by atoms with Crippen molar-refractivity contribution >= 4 is 5.91 Å². The van der Waals surface area contributed by atoms with Gasteiger partial charge in [0.1, 0.15) is 0 Å². The molecule has 4 nitrogen and oxygen atoms in total. The molecule has 1 amide bonds. The van der Waals surface area contributed by atoms with Gasteiger partial charge in [-0.2, -0.15) is 0 Å². The zero-order valence-electron chi connectivity index (χ0n) is 11.5. The predicted octanol–water partition coefficient (Wildman–Crippen LogP) is 1.80. The van der Waals surface area contributed by atoms with Gasteiger partial charge < -0.3 is 10.6 Å². The first-order chi connectivity index (χ1) is 8.60. The standard InChI is InChI=1S/C14H23N3O/c1-4-12(9-15)14(18)17(11(2)3)10-13-7-5-6-8-16-13/h5-8,11-12H,4,9-10,15H2,1-3H3. The smallest absolute Gasteiger partial charge is 0.227 e. The molecule has 0 aliphatic carbocycles. The summed E-state index contributed by atoms with van der Waals surface area (Å²) in [6.45, 7) is 6.98. The number of hydrogen-bond acceptors (Lipinski definition) is 3. The van der Waals surface area contributed by atoms with Crippen LogP contribution in [0.15, 0.2) is 24.4 Å². The quantitative estimate of drug-likeness (QED) is 0.836. The molecule has 0 fully saturated rings. The lowest BCUT2D eigenvalue weighted by Crippen LogP contribution is -2.42. The van der Waals surface area contributed by atoms with Crippen LogP contribution in [0.1, 0.15) is 32.9 Å². The topological polar surface area (TPSA) is 59.2 Å². The SMILES string of the molecule is CCC(CN)C(=O)N(Cc1ccccn1)C(C)C. The second-order valence-electron chi connectivity index (χ2n) is 4.72. The molecule has 1 unspecified atom stereocenters. The summed E-state index contributed by atoms with van der Waals surface area (Å²) in [5.74, 6) is 0.0387. The van der Waals surface area contributed by atoms with E-state index in [-0.39, 0.29) is 17.9 Å². The molecule has 1 aromatic heterocycles. The van der Waals surface area contributed by atoms with Crippen LogP contribution in [0.2, 0.25) is 0 Å². The minimum atomic E-state index is -0.0869.